The topological polar surface area (TPSA) is 107 Å². The molecule has 3 atom stereocenters. The Labute approximate surface area is 218 Å². The Kier molecular flexibility index (Phi) is 9.78. The van der Waals surface area contributed by atoms with Crippen LogP contribution in [0.4, 0.5) is 0 Å². The maximum Gasteiger partial charge on any atom is 0.132 e. The molecule has 3 rings (SSSR count). The van der Waals surface area contributed by atoms with Crippen molar-refractivity contribution in [3.05, 3.63) is 57.2 Å². The zero-order valence-corrected chi connectivity index (χ0v) is 22.2. The van der Waals surface area contributed by atoms with Crippen LogP contribution < -0.4 is 9.47 Å². The zero-order valence-electron chi connectivity index (χ0n) is 19.3. The number of nitrogens with zero attached hydrogens (tertiary/aromatic N) is 3. The number of aliphatic hydroxyl groups is 3. The van der Waals surface area contributed by atoms with Crippen LogP contribution in [0.2, 0.25) is 0 Å². The van der Waals surface area contributed by atoms with Crippen LogP contribution in [0.25, 0.3) is 0 Å². The van der Waals surface area contributed by atoms with Crippen molar-refractivity contribution in [1.82, 2.24) is 5.01 Å². The lowest BCUT2D eigenvalue weighted by Gasteiger charge is -2.27. The van der Waals surface area contributed by atoms with Gasteiger partial charge in [-0.3, -0.25) is 5.01 Å². The first-order valence-electron chi connectivity index (χ1n) is 11.1. The summed E-state index contributed by atoms with van der Waals surface area (Å²) >= 11 is 7.87. The molecule has 0 fully saturated rings. The van der Waals surface area contributed by atoms with E-state index in [1.54, 1.807) is 5.01 Å². The smallest absolute Gasteiger partial charge is 0.132 e. The maximum atomic E-state index is 10.2. The number of alkyl halides is 1. The van der Waals surface area contributed by atoms with Gasteiger partial charge < -0.3 is 24.8 Å². The maximum absolute atomic E-state index is 10.2. The van der Waals surface area contributed by atoms with Gasteiger partial charge in [0.05, 0.1) is 29.1 Å². The van der Waals surface area contributed by atoms with Gasteiger partial charge in [-0.25, -0.2) is 0 Å². The number of halogens is 2. The van der Waals surface area contributed by atoms with Gasteiger partial charge in [0.1, 0.15) is 43.0 Å². The van der Waals surface area contributed by atoms with Crippen LogP contribution in [-0.2, 0) is 5.41 Å². The summed E-state index contributed by atoms with van der Waals surface area (Å²) in [5, 5.41) is 38.5. The Bertz CT molecular complexity index is 960. The first-order valence-corrected chi connectivity index (χ1v) is 12.7. The molecule has 0 saturated carbocycles. The molecule has 1 unspecified atom stereocenters. The number of rotatable bonds is 12. The fourth-order valence-electron chi connectivity index (χ4n) is 3.53. The van der Waals surface area contributed by atoms with Crippen LogP contribution in [0.5, 0.6) is 11.5 Å². The molecular weight excluding hydrogens is 573 g/mol. The average Bonchev–Trinajstić information content (AvgIpc) is 3.29. The quantitative estimate of drug-likeness (QED) is 0.254. The molecule has 1 aliphatic rings. The molecule has 0 aliphatic carbocycles. The lowest BCUT2D eigenvalue weighted by Crippen LogP contribution is -2.33. The largest absolute Gasteiger partial charge is 0.491 e. The third kappa shape index (κ3) is 7.17. The van der Waals surface area contributed by atoms with E-state index in [1.807, 2.05) is 36.4 Å². The predicted molar refractivity (Wildman–Crippen MR) is 139 cm³/mol. The molecule has 3 N–H and O–H groups in total. The van der Waals surface area contributed by atoms with Gasteiger partial charge >= 0.3 is 0 Å². The highest BCUT2D eigenvalue weighted by atomic mass is 127. The van der Waals surface area contributed by atoms with Crippen LogP contribution in [0.15, 0.2) is 52.8 Å². The van der Waals surface area contributed by atoms with Crippen molar-refractivity contribution in [1.29, 1.82) is 0 Å². The number of benzene rings is 2. The van der Waals surface area contributed by atoms with Crippen molar-refractivity contribution >= 4 is 34.2 Å². The first-order chi connectivity index (χ1) is 16.2. The minimum Gasteiger partial charge on any atom is -0.491 e. The standard InChI is InChI=1S/C24H31ClIN3O5/c1-24(2,17-5-8-23(22(26)9-17)34-14-19(31)10-25)16-3-6-21(7-4-16)33-15-20(32)12-29-11-18(13-30)27-28-29/h3-9,18-20,30-32H,10-15H2,1-2H3/t18?,19-,20-/m1/s1. The van der Waals surface area contributed by atoms with Crippen LogP contribution in [0, 0.1) is 3.57 Å². The summed E-state index contributed by atoms with van der Waals surface area (Å²) in [6.07, 6.45) is -1.42. The number of hydrogen-bond donors (Lipinski definition) is 3. The SMILES string of the molecule is CC(C)(c1ccc(OC[C@H](O)CN2CC(CO)N=N2)cc1)c1ccc(OC[C@H](O)CCl)c(I)c1. The monoisotopic (exact) mass is 603 g/mol. The minimum atomic E-state index is -0.721. The molecule has 186 valence electrons. The molecule has 0 bridgehead atoms. The Morgan fingerprint density at radius 1 is 1.09 bits per heavy atom. The molecule has 2 aromatic carbocycles. The lowest BCUT2D eigenvalue weighted by atomic mass is 9.78. The summed E-state index contributed by atoms with van der Waals surface area (Å²) in [5.74, 6) is 1.52. The summed E-state index contributed by atoms with van der Waals surface area (Å²) in [6.45, 7) is 5.35. The average molecular weight is 604 g/mol. The van der Waals surface area contributed by atoms with Gasteiger partial charge in [0.2, 0.25) is 0 Å². The molecule has 0 amide bonds. The van der Waals surface area contributed by atoms with E-state index in [0.29, 0.717) is 24.6 Å². The van der Waals surface area contributed by atoms with E-state index in [-0.39, 0.29) is 37.2 Å². The van der Waals surface area contributed by atoms with Crippen LogP contribution >= 0.6 is 34.2 Å². The molecule has 10 heteroatoms. The van der Waals surface area contributed by atoms with Crippen molar-refractivity contribution in [3.8, 4) is 11.5 Å². The van der Waals surface area contributed by atoms with Gasteiger partial charge in [-0.2, -0.15) is 5.11 Å². The highest BCUT2D eigenvalue weighted by Gasteiger charge is 2.25. The fourth-order valence-corrected chi connectivity index (χ4v) is 4.29. The number of β-amino-alcohol motifs (C(OH)–C–C–N with tert-alkyl or cyclic N) is 1. The van der Waals surface area contributed by atoms with Gasteiger partial charge in [0.25, 0.3) is 0 Å². The molecule has 1 aliphatic heterocycles. The van der Waals surface area contributed by atoms with Crippen molar-refractivity contribution in [2.24, 2.45) is 10.3 Å². The van der Waals surface area contributed by atoms with E-state index in [0.717, 1.165) is 14.7 Å². The molecule has 34 heavy (non-hydrogen) atoms. The molecule has 0 radical (unpaired) electrons. The van der Waals surface area contributed by atoms with E-state index >= 15 is 0 Å². The minimum absolute atomic E-state index is 0.0505. The molecule has 0 aromatic heterocycles. The van der Waals surface area contributed by atoms with Gasteiger partial charge in [-0.05, 0) is 58.0 Å². The summed E-state index contributed by atoms with van der Waals surface area (Å²) in [4.78, 5) is 0. The van der Waals surface area contributed by atoms with Gasteiger partial charge in [0, 0.05) is 5.41 Å². The number of hydrogen-bond acceptors (Lipinski definition) is 8. The molecule has 1 heterocycles. The molecule has 2 aromatic rings. The van der Waals surface area contributed by atoms with Crippen LogP contribution in [0.3, 0.4) is 0 Å². The Morgan fingerprint density at radius 2 is 1.76 bits per heavy atom. The zero-order chi connectivity index (χ0) is 24.7. The second-order valence-electron chi connectivity index (χ2n) is 8.79. The summed E-state index contributed by atoms with van der Waals surface area (Å²) in [5.41, 5.74) is 2.00. The first kappa shape index (κ1) is 26.9. The van der Waals surface area contributed by atoms with Crippen LogP contribution in [0.1, 0.15) is 25.0 Å². The summed E-state index contributed by atoms with van der Waals surface area (Å²) in [7, 11) is 0. The van der Waals surface area contributed by atoms with Crippen molar-refractivity contribution in [3.63, 3.8) is 0 Å². The highest BCUT2D eigenvalue weighted by Crippen LogP contribution is 2.35. The van der Waals surface area contributed by atoms with Gasteiger partial charge in [-0.15, -0.1) is 11.6 Å². The number of aliphatic hydroxyl groups excluding tert-OH is 3. The second kappa shape index (κ2) is 12.3. The lowest BCUT2D eigenvalue weighted by molar-refractivity contribution is 0.0708. The summed E-state index contributed by atoms with van der Waals surface area (Å²) in [6, 6.07) is 13.7. The van der Waals surface area contributed by atoms with E-state index in [1.165, 1.54) is 0 Å². The molecular formula is C24H31ClIN3O5. The summed E-state index contributed by atoms with van der Waals surface area (Å²) < 4.78 is 12.4. The molecule has 0 spiro atoms. The molecule has 0 saturated heterocycles. The van der Waals surface area contributed by atoms with E-state index < -0.39 is 12.2 Å². The Hall–Kier alpha value is -1.66. The Balaban J connectivity index is 1.56. The van der Waals surface area contributed by atoms with Gasteiger partial charge in [-0.1, -0.05) is 37.3 Å². The fraction of sp³-hybridized carbons (Fsp3) is 0.500. The predicted octanol–water partition coefficient (Wildman–Crippen LogP) is 3.38. The van der Waals surface area contributed by atoms with E-state index in [4.69, 9.17) is 26.2 Å². The third-order valence-electron chi connectivity index (χ3n) is 5.68. The highest BCUT2D eigenvalue weighted by molar-refractivity contribution is 14.1. The van der Waals surface area contributed by atoms with Gasteiger partial charge in [0.15, 0.2) is 0 Å². The van der Waals surface area contributed by atoms with E-state index in [2.05, 4.69) is 52.8 Å². The van der Waals surface area contributed by atoms with Crippen molar-refractivity contribution in [2.45, 2.75) is 37.5 Å². The second-order valence-corrected chi connectivity index (χ2v) is 10.3. The number of ether oxygens (including phenoxy) is 2. The van der Waals surface area contributed by atoms with Crippen molar-refractivity contribution < 1.29 is 24.8 Å². The van der Waals surface area contributed by atoms with Crippen molar-refractivity contribution in [2.75, 3.05) is 38.8 Å². The normalized spacial score (nSPS) is 17.6. The van der Waals surface area contributed by atoms with E-state index in [9.17, 15) is 10.2 Å². The molecule has 8 nitrogen and oxygen atoms in total. The van der Waals surface area contributed by atoms with Crippen LogP contribution in [-0.4, -0.2) is 77.4 Å². The Morgan fingerprint density at radius 3 is 2.38 bits per heavy atom. The third-order valence-corrected chi connectivity index (χ3v) is 6.88.